The molecule has 0 radical (unpaired) electrons. The molecule has 0 spiro atoms. The first-order valence-corrected chi connectivity index (χ1v) is 13.6. The van der Waals surface area contributed by atoms with Crippen molar-refractivity contribution in [1.82, 2.24) is 15.5 Å². The zero-order valence-electron chi connectivity index (χ0n) is 21.8. The van der Waals surface area contributed by atoms with E-state index in [4.69, 9.17) is 21.7 Å². The number of carbonyl (C=O) groups is 1. The van der Waals surface area contributed by atoms with Crippen molar-refractivity contribution in [1.29, 1.82) is 5.41 Å². The summed E-state index contributed by atoms with van der Waals surface area (Å²) in [6.45, 7) is 6.59. The van der Waals surface area contributed by atoms with E-state index in [2.05, 4.69) is 22.5 Å². The smallest absolute Gasteiger partial charge is 0.381 e. The minimum atomic E-state index is -4.80. The average Bonchev–Trinajstić information content (AvgIpc) is 3.06. The molecule has 0 fully saturated rings. The Morgan fingerprint density at radius 2 is 2.18 bits per heavy atom. The normalized spacial score (nSPS) is 19.7. The third kappa shape index (κ3) is 7.56. The number of thioether (sulfide) groups is 1. The Morgan fingerprint density at radius 1 is 1.46 bits per heavy atom. The molecule has 1 aromatic rings. The lowest BCUT2D eigenvalue weighted by Gasteiger charge is -2.28. The molecule has 39 heavy (non-hydrogen) atoms. The molecule has 1 aliphatic heterocycles. The summed E-state index contributed by atoms with van der Waals surface area (Å²) >= 11 is 7.09. The molecule has 0 aromatic heterocycles. The Kier molecular flexibility index (Phi) is 10.5. The lowest BCUT2D eigenvalue weighted by Crippen LogP contribution is -2.42. The number of amidine groups is 1. The van der Waals surface area contributed by atoms with Gasteiger partial charge in [0.15, 0.2) is 6.17 Å². The number of nitrogens with zero attached hydrogens (tertiary/aromatic N) is 1. The maximum Gasteiger partial charge on any atom is 0.417 e. The Hall–Kier alpha value is -2.54. The number of ether oxygens (including phenoxy) is 1. The van der Waals surface area contributed by atoms with Gasteiger partial charge in [-0.2, -0.15) is 13.2 Å². The van der Waals surface area contributed by atoms with Crippen LogP contribution in [-0.4, -0.2) is 81.0 Å². The lowest BCUT2D eigenvalue weighted by atomic mass is 9.94. The first-order valence-electron chi connectivity index (χ1n) is 12.2. The number of benzene rings is 1. The zero-order chi connectivity index (χ0) is 28.9. The third-order valence-corrected chi connectivity index (χ3v) is 7.70. The van der Waals surface area contributed by atoms with E-state index < -0.39 is 29.9 Å². The van der Waals surface area contributed by atoms with E-state index in [1.165, 1.54) is 11.0 Å². The summed E-state index contributed by atoms with van der Waals surface area (Å²) in [5, 5.41) is 17.5. The van der Waals surface area contributed by atoms with Gasteiger partial charge in [0, 0.05) is 54.5 Å². The van der Waals surface area contributed by atoms with Gasteiger partial charge in [-0.3, -0.25) is 10.2 Å². The summed E-state index contributed by atoms with van der Waals surface area (Å²) < 4.78 is 63.7. The molecule has 214 valence electrons. The number of alkyl halides is 4. The highest BCUT2D eigenvalue weighted by Crippen LogP contribution is 2.48. The van der Waals surface area contributed by atoms with Gasteiger partial charge < -0.3 is 25.6 Å². The van der Waals surface area contributed by atoms with E-state index in [1.54, 1.807) is 21.0 Å². The van der Waals surface area contributed by atoms with Crippen molar-refractivity contribution in [3.8, 4) is 0 Å². The van der Waals surface area contributed by atoms with Gasteiger partial charge in [0.05, 0.1) is 29.0 Å². The van der Waals surface area contributed by atoms with Gasteiger partial charge in [-0.15, -0.1) is 11.8 Å². The number of rotatable bonds is 10. The third-order valence-electron chi connectivity index (χ3n) is 6.14. The Balaban J connectivity index is 2.10. The van der Waals surface area contributed by atoms with Gasteiger partial charge >= 0.3 is 6.18 Å². The number of halogens is 5. The largest absolute Gasteiger partial charge is 0.417 e. The van der Waals surface area contributed by atoms with Gasteiger partial charge in [-0.1, -0.05) is 18.2 Å². The molecule has 0 saturated heterocycles. The van der Waals surface area contributed by atoms with E-state index >= 15 is 0 Å². The van der Waals surface area contributed by atoms with Crippen molar-refractivity contribution in [2.24, 2.45) is 0 Å². The summed E-state index contributed by atoms with van der Waals surface area (Å²) in [5.74, 6) is -0.234. The van der Waals surface area contributed by atoms with Crippen LogP contribution < -0.4 is 16.0 Å². The molecule has 1 heterocycles. The van der Waals surface area contributed by atoms with Crippen LogP contribution in [-0.2, 0) is 15.7 Å². The fraction of sp³-hybridized carbons (Fsp3) is 0.462. The summed E-state index contributed by atoms with van der Waals surface area (Å²) in [6.07, 6.45) is -3.42. The molecule has 1 aromatic carbocycles. The van der Waals surface area contributed by atoms with Gasteiger partial charge in [0.2, 0.25) is 5.91 Å². The molecular formula is C26H32ClF4N5O2S. The molecule has 1 aliphatic carbocycles. The van der Waals surface area contributed by atoms with Crippen molar-refractivity contribution in [3.05, 3.63) is 52.6 Å². The van der Waals surface area contributed by atoms with Gasteiger partial charge in [0.25, 0.3) is 0 Å². The number of amides is 1. The van der Waals surface area contributed by atoms with Gasteiger partial charge in [0.1, 0.15) is 5.84 Å². The summed E-state index contributed by atoms with van der Waals surface area (Å²) in [6, 6.07) is 0.509. The zero-order valence-corrected chi connectivity index (χ0v) is 23.4. The number of carbonyl (C=O) groups excluding carboxylic acids is 1. The molecule has 2 aliphatic rings. The second-order valence-electron chi connectivity index (χ2n) is 9.23. The molecule has 13 heteroatoms. The maximum absolute atomic E-state index is 14.5. The number of allylic oxidation sites excluding steroid dienone is 4. The van der Waals surface area contributed by atoms with E-state index in [0.29, 0.717) is 31.1 Å². The predicted molar refractivity (Wildman–Crippen MR) is 148 cm³/mol. The van der Waals surface area contributed by atoms with Crippen LogP contribution in [0.15, 0.2) is 40.8 Å². The minimum absolute atomic E-state index is 0.0275. The second-order valence-corrected chi connectivity index (χ2v) is 10.7. The fourth-order valence-electron chi connectivity index (χ4n) is 4.29. The quantitative estimate of drug-likeness (QED) is 0.105. The molecule has 2 unspecified atom stereocenters. The Labute approximate surface area is 234 Å². The molecule has 7 nitrogen and oxygen atoms in total. The first kappa shape index (κ1) is 31.0. The van der Waals surface area contributed by atoms with Crippen molar-refractivity contribution in [2.75, 3.05) is 51.4 Å². The number of likely N-dealkylation sites (N-methyl/N-ethyl adjacent to an activating group) is 2. The Morgan fingerprint density at radius 3 is 2.77 bits per heavy atom. The summed E-state index contributed by atoms with van der Waals surface area (Å²) in [5.41, 5.74) is -0.788. The Bertz CT molecular complexity index is 1170. The number of fused-ring (bicyclic) bond motifs is 1. The van der Waals surface area contributed by atoms with E-state index in [9.17, 15) is 22.4 Å². The van der Waals surface area contributed by atoms with Crippen LogP contribution in [0.5, 0.6) is 0 Å². The van der Waals surface area contributed by atoms with Crippen LogP contribution in [0, 0.1) is 5.41 Å². The standard InChI is InChI=1S/C26H32ClF4N5O2S/c1-5-21(37)35-14(2)12-36(4)25(32)17-10-18(26(29,30)31)22(15-8-19(27)20(28)9-15)24-23(17)34-11-16(13-39-24)38-7-6-33-3/h5,8-10,14,16,20,32-34H,1,6-7,11-13H2,2-4H3,(H,35,37)/t14-,16?,20?/m1/s1. The fourth-order valence-corrected chi connectivity index (χ4v) is 5.73. The van der Waals surface area contributed by atoms with Crippen molar-refractivity contribution in [2.45, 2.75) is 36.3 Å². The van der Waals surface area contributed by atoms with Crippen LogP contribution >= 0.6 is 23.4 Å². The van der Waals surface area contributed by atoms with Gasteiger partial charge in [-0.05, 0) is 43.8 Å². The molecule has 0 bridgehead atoms. The predicted octanol–water partition coefficient (Wildman–Crippen LogP) is 4.63. The second kappa shape index (κ2) is 13.2. The van der Waals surface area contributed by atoms with E-state index in [0.717, 1.165) is 30.0 Å². The molecule has 3 rings (SSSR count). The van der Waals surface area contributed by atoms with E-state index in [-0.39, 0.29) is 45.1 Å². The number of anilines is 1. The summed E-state index contributed by atoms with van der Waals surface area (Å²) in [4.78, 5) is 13.4. The van der Waals surface area contributed by atoms with Gasteiger partial charge in [-0.25, -0.2) is 4.39 Å². The number of nitrogens with one attached hydrogen (secondary N) is 4. The number of hydrogen-bond donors (Lipinski definition) is 4. The van der Waals surface area contributed by atoms with E-state index in [1.807, 2.05) is 0 Å². The molecule has 4 N–H and O–H groups in total. The lowest BCUT2D eigenvalue weighted by molar-refractivity contribution is -0.137. The highest BCUT2D eigenvalue weighted by molar-refractivity contribution is 7.99. The first-order chi connectivity index (χ1) is 18.4. The van der Waals surface area contributed by atoms with Crippen LogP contribution in [0.25, 0.3) is 5.57 Å². The topological polar surface area (TPSA) is 89.5 Å². The van der Waals surface area contributed by atoms with Crippen molar-refractivity contribution < 1.29 is 27.1 Å². The van der Waals surface area contributed by atoms with Crippen LogP contribution in [0.3, 0.4) is 0 Å². The molecule has 1 amide bonds. The van der Waals surface area contributed by atoms with Crippen molar-refractivity contribution >= 4 is 46.4 Å². The molecule has 0 saturated carbocycles. The van der Waals surface area contributed by atoms with Crippen LogP contribution in [0.2, 0.25) is 0 Å². The van der Waals surface area contributed by atoms with Crippen LogP contribution in [0.4, 0.5) is 23.2 Å². The number of hydrogen-bond acceptors (Lipinski definition) is 6. The van der Waals surface area contributed by atoms with Crippen LogP contribution in [0.1, 0.15) is 23.6 Å². The minimum Gasteiger partial charge on any atom is -0.381 e. The average molecular weight is 590 g/mol. The monoisotopic (exact) mass is 589 g/mol. The maximum atomic E-state index is 14.5. The van der Waals surface area contributed by atoms with Crippen molar-refractivity contribution in [3.63, 3.8) is 0 Å². The highest BCUT2D eigenvalue weighted by atomic mass is 35.5. The highest BCUT2D eigenvalue weighted by Gasteiger charge is 2.39. The molecular weight excluding hydrogens is 558 g/mol. The SMILES string of the molecule is C=CC(=O)N[C@H](C)CN(C)C(=N)c1cc(C(F)(F)F)c(C2=CC(F)C(Cl)=C2)c2c1NCC(OCCNC)CS2. The molecule has 3 atom stereocenters. The summed E-state index contributed by atoms with van der Waals surface area (Å²) in [7, 11) is 3.35.